The third-order valence-electron chi connectivity index (χ3n) is 7.26. The molecule has 1 aliphatic heterocycles. The first kappa shape index (κ1) is 31.5. The number of nitrogens with one attached hydrogen (secondary N) is 2. The summed E-state index contributed by atoms with van der Waals surface area (Å²) >= 11 is 0. The zero-order valence-electron chi connectivity index (χ0n) is 24.5. The number of rotatable bonds is 3. The first-order valence-corrected chi connectivity index (χ1v) is 14.0. The van der Waals surface area contributed by atoms with Crippen LogP contribution in [0.15, 0.2) is 82.8 Å². The van der Waals surface area contributed by atoms with Crippen LogP contribution in [0.25, 0.3) is 0 Å². The fourth-order valence-corrected chi connectivity index (χ4v) is 5.05. The molecule has 0 fully saturated rings. The Bertz CT molecular complexity index is 1330. The van der Waals surface area contributed by atoms with Gasteiger partial charge in [0.15, 0.2) is 0 Å². The molecular formula is C33H40N2O6. The molecule has 0 saturated carbocycles. The highest BCUT2D eigenvalue weighted by atomic mass is 16.5. The molecule has 2 amide bonds. The summed E-state index contributed by atoms with van der Waals surface area (Å²) in [4.78, 5) is 52.8. The quantitative estimate of drug-likeness (QED) is 0.344. The van der Waals surface area contributed by atoms with E-state index in [1.54, 1.807) is 20.1 Å². The number of methoxy groups -OCH3 is 1. The molecule has 3 rings (SSSR count). The predicted octanol–water partition coefficient (Wildman–Crippen LogP) is 5.23. The number of hydrogen-bond donors (Lipinski definition) is 3. The monoisotopic (exact) mass is 560 g/mol. The van der Waals surface area contributed by atoms with Crippen molar-refractivity contribution >= 4 is 23.4 Å². The number of benzene rings is 1. The van der Waals surface area contributed by atoms with Crippen molar-refractivity contribution in [2.75, 3.05) is 7.11 Å². The summed E-state index contributed by atoms with van der Waals surface area (Å²) in [5, 5.41) is 14.8. The number of aromatic hydroxyl groups is 1. The molecule has 2 aliphatic rings. The maximum atomic E-state index is 13.7. The average Bonchev–Trinajstić information content (AvgIpc) is 2.92. The largest absolute Gasteiger partial charge is 0.508 e. The van der Waals surface area contributed by atoms with Gasteiger partial charge in [0.2, 0.25) is 11.6 Å². The summed E-state index contributed by atoms with van der Waals surface area (Å²) in [6, 6.07) is 5.57. The Morgan fingerprint density at radius 1 is 1.07 bits per heavy atom. The number of ketones is 2. The molecule has 3 N–H and O–H groups in total. The van der Waals surface area contributed by atoms with Crippen LogP contribution in [0, 0.1) is 11.8 Å². The van der Waals surface area contributed by atoms with Crippen LogP contribution in [0.1, 0.15) is 70.2 Å². The van der Waals surface area contributed by atoms with E-state index < -0.39 is 23.4 Å². The molecule has 0 aromatic heterocycles. The minimum Gasteiger partial charge on any atom is -0.508 e. The predicted molar refractivity (Wildman–Crippen MR) is 158 cm³/mol. The molecule has 8 nitrogen and oxygen atoms in total. The van der Waals surface area contributed by atoms with E-state index in [9.17, 15) is 24.3 Å². The van der Waals surface area contributed by atoms with Gasteiger partial charge in [0.05, 0.1) is 17.5 Å². The van der Waals surface area contributed by atoms with Crippen molar-refractivity contribution in [1.82, 2.24) is 10.6 Å². The highest BCUT2D eigenvalue weighted by Gasteiger charge is 2.32. The molecule has 0 unspecified atom stereocenters. The number of amides is 2. The lowest BCUT2D eigenvalue weighted by Gasteiger charge is -2.25. The van der Waals surface area contributed by atoms with Crippen molar-refractivity contribution in [3.05, 3.63) is 88.3 Å². The van der Waals surface area contributed by atoms with Gasteiger partial charge in [0, 0.05) is 29.9 Å². The molecule has 218 valence electrons. The van der Waals surface area contributed by atoms with Gasteiger partial charge >= 0.3 is 0 Å². The Morgan fingerprint density at radius 2 is 1.78 bits per heavy atom. The first-order valence-electron chi connectivity index (χ1n) is 14.0. The standard InChI is InChI=1S/C33H40N2O6/c1-20-9-7-6-8-10-23(4)32(39)34-28-19-29(37)30(35-33(40)24-11-13-25(36)14-12-24)27(31(28)38)18-22(3)17-26(41-5)16-21(2)15-20/h6,8,10-15,19,21-22,26,36H,7,9,16-18H2,1-5H3,(H,34,39)(H,35,40)/b8-6-,20-15+,23-10+/t21-,22-,26+/m0/s1. The molecule has 8 heteroatoms. The van der Waals surface area contributed by atoms with Gasteiger partial charge in [-0.15, -0.1) is 0 Å². The van der Waals surface area contributed by atoms with Crippen LogP contribution in [-0.4, -0.2) is 41.7 Å². The smallest absolute Gasteiger partial charge is 0.255 e. The van der Waals surface area contributed by atoms with Crippen LogP contribution in [-0.2, 0) is 19.1 Å². The number of ether oxygens (including phenoxy) is 1. The van der Waals surface area contributed by atoms with Crippen LogP contribution in [0.5, 0.6) is 5.75 Å². The Morgan fingerprint density at radius 3 is 2.46 bits per heavy atom. The van der Waals surface area contributed by atoms with E-state index in [1.165, 1.54) is 29.8 Å². The first-order chi connectivity index (χ1) is 19.5. The molecule has 1 aromatic rings. The van der Waals surface area contributed by atoms with E-state index in [2.05, 4.69) is 30.6 Å². The van der Waals surface area contributed by atoms with Gasteiger partial charge in [0.25, 0.3) is 11.8 Å². The van der Waals surface area contributed by atoms with Gasteiger partial charge in [-0.25, -0.2) is 0 Å². The van der Waals surface area contributed by atoms with Gasteiger partial charge < -0.3 is 20.5 Å². The van der Waals surface area contributed by atoms with Crippen molar-refractivity contribution in [2.45, 2.75) is 65.9 Å². The third-order valence-corrected chi connectivity index (χ3v) is 7.26. The average molecular weight is 561 g/mol. The maximum Gasteiger partial charge on any atom is 0.255 e. The summed E-state index contributed by atoms with van der Waals surface area (Å²) < 4.78 is 5.79. The van der Waals surface area contributed by atoms with Gasteiger partial charge in [0.1, 0.15) is 5.75 Å². The van der Waals surface area contributed by atoms with Gasteiger partial charge in [-0.05, 0) is 82.1 Å². The number of allylic oxidation sites excluding steroid dienone is 7. The molecule has 1 aliphatic carbocycles. The number of phenolic OH excluding ortho intramolecular Hbond substituents is 1. The summed E-state index contributed by atoms with van der Waals surface area (Å²) in [6.07, 6.45) is 12.1. The molecule has 3 atom stereocenters. The zero-order chi connectivity index (χ0) is 30.1. The number of fused-ring (bicyclic) bond motifs is 2. The SMILES string of the molecule is CO[C@H]1C[C@H](C)CC2=C(NC(=O)c3ccc(O)cc3)C(=O)C=C(NC(=O)/C(C)=C/C=C\CC/C(C)=C/[C@H](C)C1)C2=O. The fraction of sp³-hybridized carbons (Fsp3) is 0.394. The van der Waals surface area contributed by atoms with Crippen molar-refractivity contribution in [1.29, 1.82) is 0 Å². The Labute approximate surface area is 241 Å². The summed E-state index contributed by atoms with van der Waals surface area (Å²) in [7, 11) is 1.67. The highest BCUT2D eigenvalue weighted by Crippen LogP contribution is 2.28. The van der Waals surface area contributed by atoms with Gasteiger partial charge in [-0.1, -0.05) is 43.7 Å². The second kappa shape index (κ2) is 14.6. The number of carbonyl (C=O) groups excluding carboxylic acids is 4. The number of phenols is 1. The van der Waals surface area contributed by atoms with Crippen molar-refractivity contribution in [3.63, 3.8) is 0 Å². The van der Waals surface area contributed by atoms with Gasteiger partial charge in [-0.3, -0.25) is 19.2 Å². The molecule has 0 spiro atoms. The molecule has 41 heavy (non-hydrogen) atoms. The van der Waals surface area contributed by atoms with Crippen molar-refractivity contribution in [3.8, 4) is 5.75 Å². The highest BCUT2D eigenvalue weighted by molar-refractivity contribution is 6.24. The van der Waals surface area contributed by atoms with Crippen molar-refractivity contribution in [2.24, 2.45) is 11.8 Å². The third kappa shape index (κ3) is 8.98. The number of hydrogen-bond acceptors (Lipinski definition) is 6. The Hall–Kier alpha value is -4.04. The Balaban J connectivity index is 1.98. The maximum absolute atomic E-state index is 13.7. The van der Waals surface area contributed by atoms with Crippen LogP contribution >= 0.6 is 0 Å². The van der Waals surface area contributed by atoms with E-state index in [1.807, 2.05) is 19.1 Å². The summed E-state index contributed by atoms with van der Waals surface area (Å²) in [5.74, 6) is -1.98. The van der Waals surface area contributed by atoms with E-state index in [0.29, 0.717) is 12.0 Å². The molecular weight excluding hydrogens is 520 g/mol. The molecule has 0 radical (unpaired) electrons. The lowest BCUT2D eigenvalue weighted by Crippen LogP contribution is -2.37. The van der Waals surface area contributed by atoms with Crippen LogP contribution in [0.4, 0.5) is 0 Å². The number of carbonyl (C=O) groups is 4. The summed E-state index contributed by atoms with van der Waals surface area (Å²) in [5.41, 5.74) is 1.77. The van der Waals surface area contributed by atoms with Crippen molar-refractivity contribution < 1.29 is 29.0 Å². The minimum atomic E-state index is -0.589. The zero-order valence-corrected chi connectivity index (χ0v) is 24.5. The van der Waals surface area contributed by atoms with Crippen LogP contribution < -0.4 is 10.6 Å². The number of Topliss-reactive ketones (excluding diaryl/α,β-unsaturated/α-hetero) is 1. The normalized spacial score (nSPS) is 26.7. The topological polar surface area (TPSA) is 122 Å². The van der Waals surface area contributed by atoms with E-state index in [0.717, 1.165) is 25.3 Å². The molecule has 1 aromatic carbocycles. The van der Waals surface area contributed by atoms with Crippen LogP contribution in [0.2, 0.25) is 0 Å². The van der Waals surface area contributed by atoms with E-state index >= 15 is 0 Å². The second-order valence-corrected chi connectivity index (χ2v) is 11.0. The van der Waals surface area contributed by atoms with E-state index in [-0.39, 0.29) is 52.6 Å². The lowest BCUT2D eigenvalue weighted by molar-refractivity contribution is -0.120. The van der Waals surface area contributed by atoms with Gasteiger partial charge in [-0.2, -0.15) is 0 Å². The van der Waals surface area contributed by atoms with E-state index in [4.69, 9.17) is 4.74 Å². The molecule has 1 heterocycles. The lowest BCUT2D eigenvalue weighted by atomic mass is 9.86. The second-order valence-electron chi connectivity index (χ2n) is 11.0. The summed E-state index contributed by atoms with van der Waals surface area (Å²) in [6.45, 7) is 7.88. The molecule has 0 saturated heterocycles. The molecule has 2 bridgehead atoms. The van der Waals surface area contributed by atoms with Crippen LogP contribution in [0.3, 0.4) is 0 Å². The fourth-order valence-electron chi connectivity index (χ4n) is 5.05. The minimum absolute atomic E-state index is 0.00312. The Kier molecular flexibility index (Phi) is 11.2.